The molecule has 0 aliphatic heterocycles. The number of hydrogen-bond acceptors (Lipinski definition) is 5. The van der Waals surface area contributed by atoms with Gasteiger partial charge in [0.15, 0.2) is 0 Å². The van der Waals surface area contributed by atoms with Gasteiger partial charge < -0.3 is 14.8 Å². The van der Waals surface area contributed by atoms with Crippen LogP contribution in [-0.4, -0.2) is 34.3 Å². The monoisotopic (exact) mass is 418 g/mol. The van der Waals surface area contributed by atoms with Gasteiger partial charge in [-0.3, -0.25) is 4.79 Å². The average molecular weight is 418 g/mol. The molecule has 0 fully saturated rings. The number of nitrogens with one attached hydrogen (secondary N) is 2. The van der Waals surface area contributed by atoms with E-state index in [9.17, 15) is 26.4 Å². The van der Waals surface area contributed by atoms with Crippen LogP contribution in [0.25, 0.3) is 0 Å². The molecule has 2 N–H and O–H groups in total. The molecule has 28 heavy (non-hydrogen) atoms. The van der Waals surface area contributed by atoms with Gasteiger partial charge in [0, 0.05) is 18.7 Å². The van der Waals surface area contributed by atoms with Crippen molar-refractivity contribution in [2.45, 2.75) is 17.7 Å². The first-order valence-electron chi connectivity index (χ1n) is 7.88. The molecule has 1 amide bonds. The predicted octanol–water partition coefficient (Wildman–Crippen LogP) is 2.90. The van der Waals surface area contributed by atoms with Gasteiger partial charge in [-0.1, -0.05) is 0 Å². The minimum absolute atomic E-state index is 0.0222. The Bertz CT molecular complexity index is 898. The minimum atomic E-state index is -4.80. The van der Waals surface area contributed by atoms with Crippen LogP contribution in [0.2, 0.25) is 0 Å². The zero-order valence-electron chi connectivity index (χ0n) is 14.6. The third-order valence-electron chi connectivity index (χ3n) is 3.39. The molecule has 0 spiro atoms. The molecule has 0 aromatic heterocycles. The van der Waals surface area contributed by atoms with Crippen molar-refractivity contribution >= 4 is 21.6 Å². The van der Waals surface area contributed by atoms with Crippen LogP contribution >= 0.6 is 0 Å². The summed E-state index contributed by atoms with van der Waals surface area (Å²) in [5.41, 5.74) is 0.248. The Morgan fingerprint density at radius 3 is 2.11 bits per heavy atom. The van der Waals surface area contributed by atoms with Crippen LogP contribution in [0.5, 0.6) is 11.5 Å². The van der Waals surface area contributed by atoms with Crippen LogP contribution in [-0.2, 0) is 14.8 Å². The molecule has 7 nitrogen and oxygen atoms in total. The van der Waals surface area contributed by atoms with E-state index in [1.54, 1.807) is 0 Å². The van der Waals surface area contributed by atoms with E-state index in [4.69, 9.17) is 4.74 Å². The smallest absolute Gasteiger partial charge is 0.497 e. The number of benzene rings is 2. The zero-order chi connectivity index (χ0) is 20.8. The number of hydrogen-bond donors (Lipinski definition) is 2. The molecule has 0 atom stereocenters. The van der Waals surface area contributed by atoms with Gasteiger partial charge >= 0.3 is 6.36 Å². The first kappa shape index (κ1) is 21.5. The van der Waals surface area contributed by atoms with Gasteiger partial charge in [0.2, 0.25) is 15.9 Å². The van der Waals surface area contributed by atoms with E-state index >= 15 is 0 Å². The van der Waals surface area contributed by atoms with E-state index in [0.29, 0.717) is 5.75 Å². The number of alkyl halides is 3. The average Bonchev–Trinajstić information content (AvgIpc) is 2.62. The van der Waals surface area contributed by atoms with Crippen molar-refractivity contribution < 1.29 is 35.9 Å². The summed E-state index contributed by atoms with van der Waals surface area (Å²) in [6, 6.07) is 10.3. The van der Waals surface area contributed by atoms with Crippen LogP contribution < -0.4 is 19.5 Å². The van der Waals surface area contributed by atoms with Gasteiger partial charge in [-0.25, -0.2) is 13.1 Å². The van der Waals surface area contributed by atoms with Crippen molar-refractivity contribution in [1.82, 2.24) is 4.72 Å². The van der Waals surface area contributed by atoms with Gasteiger partial charge in [-0.05, 0) is 48.5 Å². The van der Waals surface area contributed by atoms with Gasteiger partial charge in [0.1, 0.15) is 11.5 Å². The van der Waals surface area contributed by atoms with E-state index in [2.05, 4.69) is 14.8 Å². The molecule has 152 valence electrons. The molecule has 0 heterocycles. The van der Waals surface area contributed by atoms with Crippen molar-refractivity contribution in [3.8, 4) is 11.5 Å². The zero-order valence-corrected chi connectivity index (χ0v) is 15.4. The van der Waals surface area contributed by atoms with E-state index in [0.717, 1.165) is 12.1 Å². The van der Waals surface area contributed by atoms with Gasteiger partial charge in [-0.15, -0.1) is 13.2 Å². The van der Waals surface area contributed by atoms with E-state index in [-0.39, 0.29) is 23.5 Å². The predicted molar refractivity (Wildman–Crippen MR) is 94.6 cm³/mol. The second-order valence-corrected chi connectivity index (χ2v) is 7.21. The molecular formula is C17H17F3N2O5S. The third-order valence-corrected chi connectivity index (χ3v) is 4.86. The summed E-state index contributed by atoms with van der Waals surface area (Å²) >= 11 is 0. The Balaban J connectivity index is 1.83. The van der Waals surface area contributed by atoms with Crippen LogP contribution in [0, 0.1) is 0 Å². The summed E-state index contributed by atoms with van der Waals surface area (Å²) in [7, 11) is -2.33. The summed E-state index contributed by atoms with van der Waals surface area (Å²) in [4.78, 5) is 11.9. The fourth-order valence-electron chi connectivity index (χ4n) is 2.10. The van der Waals surface area contributed by atoms with Crippen molar-refractivity contribution in [1.29, 1.82) is 0 Å². The first-order chi connectivity index (χ1) is 13.1. The summed E-state index contributed by atoms with van der Waals surface area (Å²) in [5, 5.41) is 2.45. The quantitative estimate of drug-likeness (QED) is 0.688. The standard InChI is InChI=1S/C17H17F3N2O5S/c1-26-13-6-8-15(9-7-13)28(24,25)21-11-10-16(23)22-12-2-4-14(5-3-12)27-17(18,19)20/h2-9,21H,10-11H2,1H3,(H,22,23). The molecule has 0 aliphatic rings. The first-order valence-corrected chi connectivity index (χ1v) is 9.37. The Morgan fingerprint density at radius 2 is 1.57 bits per heavy atom. The summed E-state index contributed by atoms with van der Waals surface area (Å²) in [5.74, 6) is -0.426. The highest BCUT2D eigenvalue weighted by atomic mass is 32.2. The van der Waals surface area contributed by atoms with Crippen molar-refractivity contribution in [2.24, 2.45) is 0 Å². The van der Waals surface area contributed by atoms with E-state index in [1.807, 2.05) is 0 Å². The number of halogens is 3. The van der Waals surface area contributed by atoms with Gasteiger partial charge in [-0.2, -0.15) is 0 Å². The molecule has 0 aliphatic carbocycles. The maximum atomic E-state index is 12.1. The van der Waals surface area contributed by atoms with Crippen molar-refractivity contribution in [3.63, 3.8) is 0 Å². The molecule has 0 radical (unpaired) electrons. The fraction of sp³-hybridized carbons (Fsp3) is 0.235. The van der Waals surface area contributed by atoms with E-state index in [1.165, 1.54) is 43.5 Å². The van der Waals surface area contributed by atoms with Gasteiger partial charge in [0.05, 0.1) is 12.0 Å². The highest BCUT2D eigenvalue weighted by Crippen LogP contribution is 2.24. The second kappa shape index (κ2) is 8.93. The minimum Gasteiger partial charge on any atom is -0.497 e. The molecule has 0 bridgehead atoms. The van der Waals surface area contributed by atoms with Crippen LogP contribution in [0.1, 0.15) is 6.42 Å². The Morgan fingerprint density at radius 1 is 1.00 bits per heavy atom. The van der Waals surface area contributed by atoms with Crippen molar-refractivity contribution in [3.05, 3.63) is 48.5 Å². The molecule has 11 heteroatoms. The lowest BCUT2D eigenvalue weighted by Gasteiger charge is -2.10. The maximum Gasteiger partial charge on any atom is 0.573 e. The third kappa shape index (κ3) is 6.74. The highest BCUT2D eigenvalue weighted by Gasteiger charge is 2.30. The molecule has 2 rings (SSSR count). The second-order valence-electron chi connectivity index (χ2n) is 5.44. The number of ether oxygens (including phenoxy) is 2. The normalized spacial score (nSPS) is 11.7. The molecular weight excluding hydrogens is 401 g/mol. The number of amides is 1. The number of methoxy groups -OCH3 is 1. The molecule has 0 saturated carbocycles. The molecule has 2 aromatic carbocycles. The van der Waals surface area contributed by atoms with Crippen LogP contribution in [0.3, 0.4) is 0 Å². The lowest BCUT2D eigenvalue weighted by molar-refractivity contribution is -0.274. The summed E-state index contributed by atoms with van der Waals surface area (Å²) in [6.07, 6.45) is -4.97. The summed E-state index contributed by atoms with van der Waals surface area (Å²) in [6.45, 7) is -0.157. The van der Waals surface area contributed by atoms with Crippen LogP contribution in [0.4, 0.5) is 18.9 Å². The molecule has 0 unspecified atom stereocenters. The van der Waals surface area contributed by atoms with Crippen LogP contribution in [0.15, 0.2) is 53.4 Å². The molecule has 2 aromatic rings. The van der Waals surface area contributed by atoms with Crippen molar-refractivity contribution in [2.75, 3.05) is 19.0 Å². The number of rotatable bonds is 8. The molecule has 0 saturated heterocycles. The highest BCUT2D eigenvalue weighted by molar-refractivity contribution is 7.89. The summed E-state index contributed by atoms with van der Waals surface area (Å²) < 4.78 is 71.5. The van der Waals surface area contributed by atoms with Gasteiger partial charge in [0.25, 0.3) is 0 Å². The topological polar surface area (TPSA) is 93.7 Å². The lowest BCUT2D eigenvalue weighted by atomic mass is 10.3. The Kier molecular flexibility index (Phi) is 6.86. The lowest BCUT2D eigenvalue weighted by Crippen LogP contribution is -2.27. The number of anilines is 1. The number of carbonyl (C=O) groups excluding carboxylic acids is 1. The Labute approximate surface area is 159 Å². The number of sulfonamides is 1. The maximum absolute atomic E-state index is 12.1. The number of carbonyl (C=O) groups is 1. The largest absolute Gasteiger partial charge is 0.573 e. The Hall–Kier alpha value is -2.79. The SMILES string of the molecule is COc1ccc(S(=O)(=O)NCCC(=O)Nc2ccc(OC(F)(F)F)cc2)cc1. The fourth-order valence-corrected chi connectivity index (χ4v) is 3.13. The van der Waals surface area contributed by atoms with E-state index < -0.39 is 28.0 Å².